The normalized spacial score (nSPS) is 17.4. The molecule has 0 amide bonds. The fraction of sp³-hybridized carbons (Fsp3) is 0.500. The van der Waals surface area contributed by atoms with Gasteiger partial charge in [-0.05, 0) is 31.4 Å². The van der Waals surface area contributed by atoms with E-state index < -0.39 is 0 Å². The molecule has 0 unspecified atom stereocenters. The molecule has 2 rings (SSSR count). The molecule has 0 bridgehead atoms. The summed E-state index contributed by atoms with van der Waals surface area (Å²) in [6.07, 6.45) is 2.48. The Labute approximate surface area is 117 Å². The van der Waals surface area contributed by atoms with E-state index >= 15 is 0 Å². The molecule has 1 fully saturated rings. The van der Waals surface area contributed by atoms with Crippen LogP contribution in [0.4, 0.5) is 0 Å². The fourth-order valence-electron chi connectivity index (χ4n) is 2.22. The van der Waals surface area contributed by atoms with Crippen LogP contribution < -0.4 is 10.6 Å². The summed E-state index contributed by atoms with van der Waals surface area (Å²) in [5.74, 6) is 0.885. The number of guanidine groups is 1. The Morgan fingerprint density at radius 1 is 1.33 bits per heavy atom. The predicted molar refractivity (Wildman–Crippen MR) is 80.1 cm³/mol. The average Bonchev–Trinajstić information content (AvgIpc) is 3.16. The first kappa shape index (κ1) is 13.4. The highest BCUT2D eigenvalue weighted by Crippen LogP contribution is 2.49. The van der Waals surface area contributed by atoms with Crippen LogP contribution in [-0.2, 0) is 5.41 Å². The first-order valence-electron chi connectivity index (χ1n) is 6.41. The SMILES string of the molecule is CCNC(=NC)NCC1(c2ccccc2Br)CC1. The molecular weight excluding hydrogens is 290 g/mol. The van der Waals surface area contributed by atoms with Crippen molar-refractivity contribution < 1.29 is 0 Å². The molecule has 18 heavy (non-hydrogen) atoms. The molecule has 0 aliphatic heterocycles. The van der Waals surface area contributed by atoms with Gasteiger partial charge < -0.3 is 10.6 Å². The second-order valence-corrected chi connectivity index (χ2v) is 5.57. The van der Waals surface area contributed by atoms with E-state index in [2.05, 4.69) is 62.7 Å². The second-order valence-electron chi connectivity index (χ2n) is 4.72. The Hall–Kier alpha value is -1.03. The van der Waals surface area contributed by atoms with Crippen LogP contribution in [0.3, 0.4) is 0 Å². The van der Waals surface area contributed by atoms with Crippen LogP contribution in [0.2, 0.25) is 0 Å². The van der Waals surface area contributed by atoms with E-state index in [1.807, 2.05) is 7.05 Å². The molecule has 0 atom stereocenters. The smallest absolute Gasteiger partial charge is 0.190 e. The Balaban J connectivity index is 2.03. The van der Waals surface area contributed by atoms with Crippen molar-refractivity contribution in [2.24, 2.45) is 4.99 Å². The molecule has 0 spiro atoms. The molecule has 4 heteroatoms. The molecule has 0 heterocycles. The number of nitrogens with zero attached hydrogens (tertiary/aromatic N) is 1. The lowest BCUT2D eigenvalue weighted by Crippen LogP contribution is -2.41. The molecule has 1 saturated carbocycles. The van der Waals surface area contributed by atoms with Gasteiger partial charge in [0, 0.05) is 30.0 Å². The van der Waals surface area contributed by atoms with E-state index in [9.17, 15) is 0 Å². The summed E-state index contributed by atoms with van der Waals surface area (Å²) in [4.78, 5) is 4.21. The summed E-state index contributed by atoms with van der Waals surface area (Å²) in [6.45, 7) is 3.91. The largest absolute Gasteiger partial charge is 0.357 e. The zero-order chi connectivity index (χ0) is 13.0. The van der Waals surface area contributed by atoms with E-state index in [4.69, 9.17) is 0 Å². The standard InChI is InChI=1S/C14H20BrN3/c1-3-17-13(16-2)18-10-14(8-9-14)11-6-4-5-7-12(11)15/h4-7H,3,8-10H2,1-2H3,(H2,16,17,18). The van der Waals surface area contributed by atoms with Crippen molar-refractivity contribution >= 4 is 21.9 Å². The first-order chi connectivity index (χ1) is 8.72. The topological polar surface area (TPSA) is 36.4 Å². The second kappa shape index (κ2) is 5.74. The van der Waals surface area contributed by atoms with Gasteiger partial charge in [0.15, 0.2) is 5.96 Å². The third kappa shape index (κ3) is 2.86. The maximum atomic E-state index is 4.21. The van der Waals surface area contributed by atoms with Gasteiger partial charge in [-0.1, -0.05) is 34.1 Å². The molecule has 0 aromatic heterocycles. The summed E-state index contributed by atoms with van der Waals surface area (Å²) in [5.41, 5.74) is 1.69. The van der Waals surface area contributed by atoms with Gasteiger partial charge in [0.1, 0.15) is 0 Å². The third-order valence-electron chi connectivity index (χ3n) is 3.46. The van der Waals surface area contributed by atoms with Crippen LogP contribution in [0, 0.1) is 0 Å². The molecular formula is C14H20BrN3. The zero-order valence-electron chi connectivity index (χ0n) is 11.0. The minimum absolute atomic E-state index is 0.283. The Morgan fingerprint density at radius 3 is 2.61 bits per heavy atom. The number of benzene rings is 1. The van der Waals surface area contributed by atoms with Crippen LogP contribution in [-0.4, -0.2) is 26.1 Å². The number of rotatable bonds is 4. The Kier molecular flexibility index (Phi) is 4.27. The van der Waals surface area contributed by atoms with Gasteiger partial charge >= 0.3 is 0 Å². The highest BCUT2D eigenvalue weighted by Gasteiger charge is 2.45. The zero-order valence-corrected chi connectivity index (χ0v) is 12.5. The predicted octanol–water partition coefficient (Wildman–Crippen LogP) is 2.67. The molecule has 1 aromatic rings. The maximum Gasteiger partial charge on any atom is 0.190 e. The van der Waals surface area contributed by atoms with Crippen molar-refractivity contribution in [3.05, 3.63) is 34.3 Å². The van der Waals surface area contributed by atoms with Crippen molar-refractivity contribution in [2.75, 3.05) is 20.1 Å². The Morgan fingerprint density at radius 2 is 2.06 bits per heavy atom. The van der Waals surface area contributed by atoms with E-state index in [1.165, 1.54) is 22.9 Å². The number of nitrogens with one attached hydrogen (secondary N) is 2. The van der Waals surface area contributed by atoms with Crippen molar-refractivity contribution in [2.45, 2.75) is 25.2 Å². The van der Waals surface area contributed by atoms with Gasteiger partial charge in [0.25, 0.3) is 0 Å². The molecule has 0 saturated heterocycles. The van der Waals surface area contributed by atoms with Gasteiger partial charge in [0.05, 0.1) is 0 Å². The van der Waals surface area contributed by atoms with Crippen molar-refractivity contribution in [1.29, 1.82) is 0 Å². The number of hydrogen-bond acceptors (Lipinski definition) is 1. The van der Waals surface area contributed by atoms with Crippen molar-refractivity contribution in [1.82, 2.24) is 10.6 Å². The lowest BCUT2D eigenvalue weighted by molar-refractivity contribution is 0.645. The summed E-state index contributed by atoms with van der Waals surface area (Å²) >= 11 is 3.65. The molecule has 1 aliphatic carbocycles. The minimum atomic E-state index is 0.283. The lowest BCUT2D eigenvalue weighted by atomic mass is 9.96. The minimum Gasteiger partial charge on any atom is -0.357 e. The number of aliphatic imine (C=N–C) groups is 1. The molecule has 1 aliphatic rings. The maximum absolute atomic E-state index is 4.21. The third-order valence-corrected chi connectivity index (χ3v) is 4.15. The number of halogens is 1. The average molecular weight is 310 g/mol. The molecule has 0 radical (unpaired) electrons. The lowest BCUT2D eigenvalue weighted by Gasteiger charge is -2.19. The van der Waals surface area contributed by atoms with Crippen molar-refractivity contribution in [3.63, 3.8) is 0 Å². The van der Waals surface area contributed by atoms with E-state index in [0.717, 1.165) is 19.0 Å². The van der Waals surface area contributed by atoms with E-state index in [1.54, 1.807) is 0 Å². The highest BCUT2D eigenvalue weighted by molar-refractivity contribution is 9.10. The molecule has 3 nitrogen and oxygen atoms in total. The van der Waals surface area contributed by atoms with Crippen LogP contribution in [0.5, 0.6) is 0 Å². The van der Waals surface area contributed by atoms with Gasteiger partial charge in [-0.25, -0.2) is 0 Å². The van der Waals surface area contributed by atoms with E-state index in [-0.39, 0.29) is 5.41 Å². The van der Waals surface area contributed by atoms with Crippen LogP contribution in [0.1, 0.15) is 25.3 Å². The summed E-state index contributed by atoms with van der Waals surface area (Å²) in [6, 6.07) is 8.51. The van der Waals surface area contributed by atoms with Crippen LogP contribution in [0.15, 0.2) is 33.7 Å². The molecule has 98 valence electrons. The first-order valence-corrected chi connectivity index (χ1v) is 7.21. The van der Waals surface area contributed by atoms with Gasteiger partial charge in [-0.15, -0.1) is 0 Å². The van der Waals surface area contributed by atoms with Gasteiger partial charge in [-0.2, -0.15) is 0 Å². The summed E-state index contributed by atoms with van der Waals surface area (Å²) < 4.78 is 1.21. The monoisotopic (exact) mass is 309 g/mol. The highest BCUT2D eigenvalue weighted by atomic mass is 79.9. The number of hydrogen-bond donors (Lipinski definition) is 2. The fourth-order valence-corrected chi connectivity index (χ4v) is 2.93. The van der Waals surface area contributed by atoms with Crippen molar-refractivity contribution in [3.8, 4) is 0 Å². The molecule has 1 aromatic carbocycles. The molecule has 2 N–H and O–H groups in total. The van der Waals surface area contributed by atoms with Crippen LogP contribution >= 0.6 is 15.9 Å². The Bertz CT molecular complexity index is 438. The quantitative estimate of drug-likeness (QED) is 0.662. The van der Waals surface area contributed by atoms with E-state index in [0.29, 0.717) is 0 Å². The summed E-state index contributed by atoms with van der Waals surface area (Å²) in [5, 5.41) is 6.64. The van der Waals surface area contributed by atoms with Gasteiger partial charge in [-0.3, -0.25) is 4.99 Å². The summed E-state index contributed by atoms with van der Waals surface area (Å²) in [7, 11) is 1.81. The van der Waals surface area contributed by atoms with Crippen LogP contribution in [0.25, 0.3) is 0 Å². The van der Waals surface area contributed by atoms with Gasteiger partial charge in [0.2, 0.25) is 0 Å².